The second-order valence-corrected chi connectivity index (χ2v) is 6.08. The first-order valence-electron chi connectivity index (χ1n) is 8.12. The number of ether oxygens (including phenoxy) is 1. The van der Waals surface area contributed by atoms with Crippen LogP contribution in [0.5, 0.6) is 5.75 Å². The van der Waals surface area contributed by atoms with Crippen LogP contribution in [0.2, 0.25) is 5.02 Å². The van der Waals surface area contributed by atoms with Gasteiger partial charge in [-0.15, -0.1) is 0 Å². The number of hydrogen-bond acceptors (Lipinski definition) is 6. The van der Waals surface area contributed by atoms with Crippen LogP contribution in [-0.2, 0) is 0 Å². The van der Waals surface area contributed by atoms with E-state index >= 15 is 0 Å². The molecule has 0 aliphatic carbocycles. The van der Waals surface area contributed by atoms with Crippen LogP contribution < -0.4 is 10.2 Å². The Morgan fingerprint density at radius 1 is 1.00 bits per heavy atom. The summed E-state index contributed by atoms with van der Waals surface area (Å²) in [6, 6.07) is 19.1. The summed E-state index contributed by atoms with van der Waals surface area (Å²) in [5.41, 5.74) is 4.60. The van der Waals surface area contributed by atoms with Gasteiger partial charge >= 0.3 is 5.97 Å². The van der Waals surface area contributed by atoms with Gasteiger partial charge < -0.3 is 4.74 Å². The number of carbonyl (C=O) groups is 1. The number of nitro groups is 1. The molecule has 0 fully saturated rings. The lowest BCUT2D eigenvalue weighted by molar-refractivity contribution is -0.384. The molecule has 28 heavy (non-hydrogen) atoms. The van der Waals surface area contributed by atoms with Crippen LogP contribution in [0, 0.1) is 10.1 Å². The third-order valence-corrected chi connectivity index (χ3v) is 3.91. The molecule has 0 spiro atoms. The summed E-state index contributed by atoms with van der Waals surface area (Å²) < 4.78 is 5.30. The molecule has 1 N–H and O–H groups in total. The minimum Gasteiger partial charge on any atom is -0.423 e. The molecular formula is C20H14ClN3O4. The number of benzene rings is 3. The van der Waals surface area contributed by atoms with Crippen molar-refractivity contribution in [2.45, 2.75) is 0 Å². The number of hydrazone groups is 1. The Labute approximate surface area is 165 Å². The number of nitrogens with one attached hydrogen (secondary N) is 1. The van der Waals surface area contributed by atoms with E-state index in [1.807, 2.05) is 0 Å². The molecule has 0 atom stereocenters. The standard InChI is InChI=1S/C20H14ClN3O4/c21-16-5-3-15(4-6-16)20(25)28-19-11-1-14(2-12-19)13-22-23-17-7-9-18(10-8-17)24(26)27/h1-13,23H/b22-13+. The Morgan fingerprint density at radius 3 is 2.25 bits per heavy atom. The topological polar surface area (TPSA) is 93.8 Å². The van der Waals surface area contributed by atoms with Crippen molar-refractivity contribution in [3.8, 4) is 5.75 Å². The number of nitrogens with zero attached hydrogens (tertiary/aromatic N) is 2. The Balaban J connectivity index is 1.56. The van der Waals surface area contributed by atoms with Gasteiger partial charge in [-0.25, -0.2) is 4.79 Å². The van der Waals surface area contributed by atoms with Gasteiger partial charge in [0.05, 0.1) is 22.4 Å². The van der Waals surface area contributed by atoms with Gasteiger partial charge in [0.2, 0.25) is 0 Å². The minimum absolute atomic E-state index is 0.0123. The van der Waals surface area contributed by atoms with Crippen LogP contribution in [0.25, 0.3) is 0 Å². The number of non-ortho nitro benzene ring substituents is 1. The van der Waals surface area contributed by atoms with Gasteiger partial charge in [0.1, 0.15) is 5.75 Å². The lowest BCUT2D eigenvalue weighted by Crippen LogP contribution is -2.08. The van der Waals surface area contributed by atoms with Crippen molar-refractivity contribution in [1.82, 2.24) is 0 Å². The van der Waals surface area contributed by atoms with Gasteiger partial charge in [-0.05, 0) is 66.2 Å². The summed E-state index contributed by atoms with van der Waals surface area (Å²) >= 11 is 5.80. The number of anilines is 1. The molecule has 0 saturated heterocycles. The Hall–Kier alpha value is -3.71. The highest BCUT2D eigenvalue weighted by molar-refractivity contribution is 6.30. The molecule has 7 nitrogen and oxygen atoms in total. The molecule has 8 heteroatoms. The molecule has 140 valence electrons. The molecule has 0 bridgehead atoms. The summed E-state index contributed by atoms with van der Waals surface area (Å²) in [7, 11) is 0. The molecule has 0 aliphatic heterocycles. The van der Waals surface area contributed by atoms with E-state index in [1.165, 1.54) is 12.1 Å². The van der Waals surface area contributed by atoms with E-state index in [9.17, 15) is 14.9 Å². The third-order valence-electron chi connectivity index (χ3n) is 3.66. The number of carbonyl (C=O) groups excluding carboxylic acids is 1. The summed E-state index contributed by atoms with van der Waals surface area (Å²) in [6.45, 7) is 0. The van der Waals surface area contributed by atoms with E-state index in [0.29, 0.717) is 22.0 Å². The first-order valence-corrected chi connectivity index (χ1v) is 8.50. The van der Waals surface area contributed by atoms with E-state index in [1.54, 1.807) is 66.9 Å². The summed E-state index contributed by atoms with van der Waals surface area (Å²) in [4.78, 5) is 22.2. The van der Waals surface area contributed by atoms with Crippen LogP contribution in [-0.4, -0.2) is 17.1 Å². The van der Waals surface area contributed by atoms with Crippen LogP contribution in [0.4, 0.5) is 11.4 Å². The van der Waals surface area contributed by atoms with Gasteiger partial charge in [-0.2, -0.15) is 5.10 Å². The fourth-order valence-electron chi connectivity index (χ4n) is 2.21. The third kappa shape index (κ3) is 5.15. The van der Waals surface area contributed by atoms with Crippen molar-refractivity contribution < 1.29 is 14.5 Å². The lowest BCUT2D eigenvalue weighted by atomic mass is 10.2. The van der Waals surface area contributed by atoms with E-state index in [0.717, 1.165) is 5.56 Å². The van der Waals surface area contributed by atoms with Gasteiger partial charge in [0.25, 0.3) is 5.69 Å². The maximum absolute atomic E-state index is 12.1. The highest BCUT2D eigenvalue weighted by Crippen LogP contribution is 2.17. The zero-order valence-corrected chi connectivity index (χ0v) is 15.2. The monoisotopic (exact) mass is 395 g/mol. The molecule has 0 aliphatic rings. The molecule has 0 radical (unpaired) electrons. The fraction of sp³-hybridized carbons (Fsp3) is 0. The van der Waals surface area contributed by atoms with Gasteiger partial charge in [-0.1, -0.05) is 11.6 Å². The summed E-state index contributed by atoms with van der Waals surface area (Å²) in [6.07, 6.45) is 1.58. The molecular weight excluding hydrogens is 382 g/mol. The molecule has 0 aromatic heterocycles. The van der Waals surface area contributed by atoms with E-state index in [-0.39, 0.29) is 5.69 Å². The van der Waals surface area contributed by atoms with Crippen LogP contribution in [0.1, 0.15) is 15.9 Å². The van der Waals surface area contributed by atoms with Gasteiger partial charge in [0, 0.05) is 17.2 Å². The smallest absolute Gasteiger partial charge is 0.343 e. The van der Waals surface area contributed by atoms with Crippen LogP contribution in [0.15, 0.2) is 77.9 Å². The molecule has 0 saturated carbocycles. The van der Waals surface area contributed by atoms with Crippen molar-refractivity contribution >= 4 is 35.2 Å². The van der Waals surface area contributed by atoms with E-state index in [4.69, 9.17) is 16.3 Å². The average molecular weight is 396 g/mol. The number of nitro benzene ring substituents is 1. The highest BCUT2D eigenvalue weighted by atomic mass is 35.5. The number of rotatable bonds is 6. The summed E-state index contributed by atoms with van der Waals surface area (Å²) in [5, 5.41) is 15.2. The van der Waals surface area contributed by atoms with Gasteiger partial charge in [0.15, 0.2) is 0 Å². The van der Waals surface area contributed by atoms with E-state index < -0.39 is 10.9 Å². The molecule has 3 aromatic rings. The van der Waals surface area contributed by atoms with Crippen molar-refractivity contribution in [1.29, 1.82) is 0 Å². The Kier molecular flexibility index (Phi) is 5.98. The molecule has 3 aromatic carbocycles. The quantitative estimate of drug-likeness (QED) is 0.210. The van der Waals surface area contributed by atoms with E-state index in [2.05, 4.69) is 10.5 Å². The Bertz CT molecular complexity index is 1000. The largest absolute Gasteiger partial charge is 0.423 e. The van der Waals surface area contributed by atoms with Crippen LogP contribution >= 0.6 is 11.6 Å². The van der Waals surface area contributed by atoms with Crippen molar-refractivity contribution in [2.24, 2.45) is 5.10 Å². The fourth-order valence-corrected chi connectivity index (χ4v) is 2.34. The SMILES string of the molecule is O=C(Oc1ccc(/C=N/Nc2ccc([N+](=O)[O-])cc2)cc1)c1ccc(Cl)cc1. The molecule has 0 unspecified atom stereocenters. The number of halogens is 1. The maximum Gasteiger partial charge on any atom is 0.343 e. The normalized spacial score (nSPS) is 10.6. The molecule has 0 amide bonds. The zero-order valence-electron chi connectivity index (χ0n) is 14.4. The summed E-state index contributed by atoms with van der Waals surface area (Å²) in [5.74, 6) is -0.0710. The second-order valence-electron chi connectivity index (χ2n) is 5.64. The van der Waals surface area contributed by atoms with Crippen molar-refractivity contribution in [3.63, 3.8) is 0 Å². The molecule has 3 rings (SSSR count). The van der Waals surface area contributed by atoms with Gasteiger partial charge in [-0.3, -0.25) is 15.5 Å². The number of esters is 1. The van der Waals surface area contributed by atoms with Crippen LogP contribution in [0.3, 0.4) is 0 Å². The average Bonchev–Trinajstić information content (AvgIpc) is 2.70. The Morgan fingerprint density at radius 2 is 1.64 bits per heavy atom. The maximum atomic E-state index is 12.1. The minimum atomic E-state index is -0.474. The number of hydrogen-bond donors (Lipinski definition) is 1. The second kappa shape index (κ2) is 8.79. The lowest BCUT2D eigenvalue weighted by Gasteiger charge is -2.05. The van der Waals surface area contributed by atoms with Crippen molar-refractivity contribution in [2.75, 3.05) is 5.43 Å². The zero-order chi connectivity index (χ0) is 19.9. The first kappa shape index (κ1) is 19.1. The predicted molar refractivity (Wildman–Crippen MR) is 107 cm³/mol. The predicted octanol–water partition coefficient (Wildman–Crippen LogP) is 4.91. The highest BCUT2D eigenvalue weighted by Gasteiger charge is 2.08. The molecule has 0 heterocycles. The first-order chi connectivity index (χ1) is 13.5. The van der Waals surface area contributed by atoms with Crippen molar-refractivity contribution in [3.05, 3.63) is 99.1 Å².